The minimum atomic E-state index is -1.55. The average molecular weight is 391 g/mol. The van der Waals surface area contributed by atoms with Crippen molar-refractivity contribution in [3.63, 3.8) is 0 Å². The van der Waals surface area contributed by atoms with E-state index >= 15 is 0 Å². The Bertz CT molecular complexity index is 402. The number of esters is 1. The van der Waals surface area contributed by atoms with Gasteiger partial charge < -0.3 is 29.9 Å². The van der Waals surface area contributed by atoms with Gasteiger partial charge in [-0.2, -0.15) is 0 Å². The molecule has 0 bridgehead atoms. The first-order valence-corrected chi connectivity index (χ1v) is 10.5. The van der Waals surface area contributed by atoms with Gasteiger partial charge in [0.05, 0.1) is 12.5 Å². The molecule has 160 valence electrons. The van der Waals surface area contributed by atoms with Crippen molar-refractivity contribution in [3.8, 4) is 0 Å². The smallest absolute Gasteiger partial charge is 0.311 e. The average Bonchev–Trinajstić information content (AvgIpc) is 2.67. The summed E-state index contributed by atoms with van der Waals surface area (Å²) < 4.78 is 10.5. The maximum Gasteiger partial charge on any atom is 0.311 e. The van der Waals surface area contributed by atoms with Gasteiger partial charge in [-0.25, -0.2) is 0 Å². The molecule has 1 aliphatic rings. The molecule has 1 fully saturated rings. The molecular weight excluding hydrogens is 352 g/mol. The normalized spacial score (nSPS) is 29.5. The predicted octanol–water partition coefficient (Wildman–Crippen LogP) is 1.89. The van der Waals surface area contributed by atoms with Crippen LogP contribution in [0.2, 0.25) is 0 Å². The van der Waals surface area contributed by atoms with Crippen molar-refractivity contribution in [2.75, 3.05) is 6.61 Å². The van der Waals surface area contributed by atoms with Crippen LogP contribution < -0.4 is 0 Å². The first kappa shape index (κ1) is 24.3. The summed E-state index contributed by atoms with van der Waals surface area (Å²) in [5, 5.41) is 38.7. The Morgan fingerprint density at radius 2 is 1.52 bits per heavy atom. The van der Waals surface area contributed by atoms with E-state index in [9.17, 15) is 25.2 Å². The van der Waals surface area contributed by atoms with Crippen LogP contribution in [0.3, 0.4) is 0 Å². The maximum absolute atomic E-state index is 12.4. The number of carbonyl (C=O) groups is 1. The monoisotopic (exact) mass is 390 g/mol. The van der Waals surface area contributed by atoms with Crippen molar-refractivity contribution in [1.82, 2.24) is 0 Å². The lowest BCUT2D eigenvalue weighted by molar-refractivity contribution is -0.293. The lowest BCUT2D eigenvalue weighted by Crippen LogP contribution is -2.59. The quantitative estimate of drug-likeness (QED) is 0.280. The molecule has 6 atom stereocenters. The molecule has 4 N–H and O–H groups in total. The Labute approximate surface area is 162 Å². The van der Waals surface area contributed by atoms with Crippen molar-refractivity contribution < 1.29 is 34.7 Å². The summed E-state index contributed by atoms with van der Waals surface area (Å²) in [4.78, 5) is 12.4. The Morgan fingerprint density at radius 3 is 2.07 bits per heavy atom. The number of aliphatic hydroxyl groups is 4. The summed E-state index contributed by atoms with van der Waals surface area (Å²) in [6.07, 6.45) is 3.83. The summed E-state index contributed by atoms with van der Waals surface area (Å²) in [7, 11) is 0. The van der Waals surface area contributed by atoms with Crippen LogP contribution in [0, 0.1) is 5.92 Å². The number of hydrogen-bond donors (Lipinski definition) is 4. The van der Waals surface area contributed by atoms with Crippen molar-refractivity contribution in [3.05, 3.63) is 0 Å². The van der Waals surface area contributed by atoms with Crippen LogP contribution in [0.25, 0.3) is 0 Å². The Kier molecular flexibility index (Phi) is 12.1. The minimum Gasteiger partial charge on any atom is -0.433 e. The fraction of sp³-hybridized carbons (Fsp3) is 0.950. The predicted molar refractivity (Wildman–Crippen MR) is 101 cm³/mol. The van der Waals surface area contributed by atoms with Gasteiger partial charge in [0.1, 0.15) is 24.4 Å². The number of rotatable bonds is 13. The second-order valence-corrected chi connectivity index (χ2v) is 7.50. The van der Waals surface area contributed by atoms with Crippen LogP contribution in [0.5, 0.6) is 0 Å². The number of aliphatic hydroxyl groups excluding tert-OH is 4. The summed E-state index contributed by atoms with van der Waals surface area (Å²) in [6, 6.07) is 0. The van der Waals surface area contributed by atoms with Gasteiger partial charge in [-0.15, -0.1) is 0 Å². The van der Waals surface area contributed by atoms with Crippen LogP contribution in [0.1, 0.15) is 78.1 Å². The van der Waals surface area contributed by atoms with Gasteiger partial charge in [0.2, 0.25) is 6.29 Å². The Balaban J connectivity index is 2.35. The molecule has 0 aliphatic carbocycles. The van der Waals surface area contributed by atoms with E-state index in [-0.39, 0.29) is 5.92 Å². The van der Waals surface area contributed by atoms with Gasteiger partial charge in [0.15, 0.2) is 0 Å². The van der Waals surface area contributed by atoms with E-state index in [4.69, 9.17) is 9.47 Å². The third-order valence-corrected chi connectivity index (χ3v) is 5.31. The van der Waals surface area contributed by atoms with E-state index in [1.54, 1.807) is 0 Å². The van der Waals surface area contributed by atoms with Gasteiger partial charge in [-0.05, 0) is 12.8 Å². The summed E-state index contributed by atoms with van der Waals surface area (Å²) in [5.74, 6) is -0.776. The number of hydrogen-bond acceptors (Lipinski definition) is 7. The molecule has 2 unspecified atom stereocenters. The maximum atomic E-state index is 12.4. The molecule has 1 heterocycles. The first-order chi connectivity index (χ1) is 13.0. The Hall–Kier alpha value is -0.730. The molecule has 7 heteroatoms. The zero-order chi connectivity index (χ0) is 20.2. The van der Waals surface area contributed by atoms with Gasteiger partial charge >= 0.3 is 5.97 Å². The molecule has 1 rings (SSSR count). The van der Waals surface area contributed by atoms with E-state index in [1.165, 1.54) is 38.5 Å². The molecular formula is C20H38O7. The molecule has 0 saturated carbocycles. The zero-order valence-electron chi connectivity index (χ0n) is 16.8. The topological polar surface area (TPSA) is 116 Å². The van der Waals surface area contributed by atoms with Crippen LogP contribution >= 0.6 is 0 Å². The van der Waals surface area contributed by atoms with Gasteiger partial charge in [0, 0.05) is 0 Å². The second kappa shape index (κ2) is 13.4. The van der Waals surface area contributed by atoms with Crippen LogP contribution in [-0.2, 0) is 14.3 Å². The molecule has 0 aromatic carbocycles. The molecule has 0 aromatic rings. The van der Waals surface area contributed by atoms with E-state index in [2.05, 4.69) is 6.92 Å². The van der Waals surface area contributed by atoms with E-state index in [1.807, 2.05) is 6.92 Å². The van der Waals surface area contributed by atoms with Crippen LogP contribution in [-0.4, -0.2) is 63.7 Å². The second-order valence-electron chi connectivity index (χ2n) is 7.50. The largest absolute Gasteiger partial charge is 0.433 e. The van der Waals surface area contributed by atoms with Crippen molar-refractivity contribution in [1.29, 1.82) is 0 Å². The molecule has 27 heavy (non-hydrogen) atoms. The highest BCUT2D eigenvalue weighted by Gasteiger charge is 2.45. The minimum absolute atomic E-state index is 0.294. The highest BCUT2D eigenvalue weighted by atomic mass is 16.7. The summed E-state index contributed by atoms with van der Waals surface area (Å²) >= 11 is 0. The van der Waals surface area contributed by atoms with Crippen molar-refractivity contribution >= 4 is 5.97 Å². The lowest BCUT2D eigenvalue weighted by Gasteiger charge is -2.39. The van der Waals surface area contributed by atoms with E-state index in [0.717, 1.165) is 12.8 Å². The molecule has 0 aromatic heterocycles. The SMILES string of the molecule is CCCCCCCCCCC(CC)C(=O)OC1O[C@H](CO)[C@@H](O)[C@H](O)[C@H]1O. The van der Waals surface area contributed by atoms with Crippen molar-refractivity contribution in [2.45, 2.75) is 109 Å². The standard InChI is InChI=1S/C20H38O7/c1-3-5-6-7-8-9-10-11-12-14(4-2)19(25)27-20-18(24)17(23)16(22)15(13-21)26-20/h14-18,20-24H,3-13H2,1-2H3/t14?,15-,16-,17+,18-,20?/m1/s1. The highest BCUT2D eigenvalue weighted by molar-refractivity contribution is 5.72. The van der Waals surface area contributed by atoms with E-state index in [0.29, 0.717) is 12.8 Å². The molecule has 0 amide bonds. The number of unbranched alkanes of at least 4 members (excludes halogenated alkanes) is 7. The van der Waals surface area contributed by atoms with E-state index < -0.39 is 43.3 Å². The van der Waals surface area contributed by atoms with Gasteiger partial charge in [0.25, 0.3) is 0 Å². The van der Waals surface area contributed by atoms with Gasteiger partial charge in [-0.1, -0.05) is 65.2 Å². The highest BCUT2D eigenvalue weighted by Crippen LogP contribution is 2.24. The summed E-state index contributed by atoms with van der Waals surface area (Å²) in [5.41, 5.74) is 0. The fourth-order valence-corrected chi connectivity index (χ4v) is 3.39. The molecule has 0 spiro atoms. The molecule has 0 radical (unpaired) electrons. The Morgan fingerprint density at radius 1 is 0.926 bits per heavy atom. The lowest BCUT2D eigenvalue weighted by atomic mass is 9.97. The first-order valence-electron chi connectivity index (χ1n) is 10.5. The number of ether oxygens (including phenoxy) is 2. The molecule has 1 saturated heterocycles. The number of carbonyl (C=O) groups excluding carboxylic acids is 1. The molecule has 1 aliphatic heterocycles. The third-order valence-electron chi connectivity index (χ3n) is 5.31. The fourth-order valence-electron chi connectivity index (χ4n) is 3.39. The third kappa shape index (κ3) is 8.03. The van der Waals surface area contributed by atoms with Gasteiger partial charge in [-0.3, -0.25) is 4.79 Å². The van der Waals surface area contributed by atoms with Crippen LogP contribution in [0.4, 0.5) is 0 Å². The zero-order valence-corrected chi connectivity index (χ0v) is 16.8. The molecule has 7 nitrogen and oxygen atoms in total. The van der Waals surface area contributed by atoms with Crippen molar-refractivity contribution in [2.24, 2.45) is 5.92 Å². The van der Waals surface area contributed by atoms with Crippen LogP contribution in [0.15, 0.2) is 0 Å². The summed E-state index contributed by atoms with van der Waals surface area (Å²) in [6.45, 7) is 3.56.